The molecule has 0 bridgehead atoms. The molecule has 1 aliphatic rings. The molecule has 5 heteroatoms. The summed E-state index contributed by atoms with van der Waals surface area (Å²) in [4.78, 5) is 0. The molecule has 2 rings (SSSR count). The highest BCUT2D eigenvalue weighted by molar-refractivity contribution is 9.10. The first-order valence-corrected chi connectivity index (χ1v) is 7.25. The molecule has 1 saturated heterocycles. The average molecular weight is 324 g/mol. The molecule has 1 heterocycles. The van der Waals surface area contributed by atoms with Crippen LogP contribution in [0.3, 0.4) is 0 Å². The summed E-state index contributed by atoms with van der Waals surface area (Å²) >= 11 is 3.43. The Balaban J connectivity index is 1.96. The van der Waals surface area contributed by atoms with E-state index in [1.165, 1.54) is 0 Å². The predicted octanol–water partition coefficient (Wildman–Crippen LogP) is 2.50. The molecular formula is C14H18BrN3O. The van der Waals surface area contributed by atoms with Crippen molar-refractivity contribution in [1.29, 1.82) is 5.26 Å². The van der Waals surface area contributed by atoms with Gasteiger partial charge in [0, 0.05) is 23.1 Å². The van der Waals surface area contributed by atoms with Crippen molar-refractivity contribution in [2.75, 3.05) is 25.1 Å². The number of hydrogen-bond donors (Lipinski definition) is 2. The third kappa shape index (κ3) is 4.20. The van der Waals surface area contributed by atoms with Crippen molar-refractivity contribution in [3.63, 3.8) is 0 Å². The Kier molecular flexibility index (Phi) is 5.20. The summed E-state index contributed by atoms with van der Waals surface area (Å²) in [6, 6.07) is 8.51. The molecule has 0 aliphatic carbocycles. The maximum Gasteiger partial charge on any atom is 0.101 e. The number of rotatable bonds is 4. The maximum atomic E-state index is 9.11. The Hall–Kier alpha value is -1.09. The fraction of sp³-hybridized carbons (Fsp3) is 0.500. The van der Waals surface area contributed by atoms with Gasteiger partial charge >= 0.3 is 0 Å². The van der Waals surface area contributed by atoms with Crippen LogP contribution >= 0.6 is 15.9 Å². The van der Waals surface area contributed by atoms with Gasteiger partial charge in [0.2, 0.25) is 0 Å². The first-order chi connectivity index (χ1) is 9.19. The Labute approximate surface area is 122 Å². The van der Waals surface area contributed by atoms with E-state index in [0.717, 1.165) is 36.3 Å². The number of nitrogens with one attached hydrogen (secondary N) is 2. The molecule has 0 amide bonds. The highest BCUT2D eigenvalue weighted by Crippen LogP contribution is 2.22. The van der Waals surface area contributed by atoms with Gasteiger partial charge in [-0.25, -0.2) is 0 Å². The zero-order valence-electron chi connectivity index (χ0n) is 10.9. The minimum absolute atomic E-state index is 0.278. The smallest absolute Gasteiger partial charge is 0.101 e. The largest absolute Gasteiger partial charge is 0.381 e. The number of morpholine rings is 1. The van der Waals surface area contributed by atoms with Gasteiger partial charge in [0.05, 0.1) is 24.5 Å². The highest BCUT2D eigenvalue weighted by atomic mass is 79.9. The van der Waals surface area contributed by atoms with E-state index >= 15 is 0 Å². The summed E-state index contributed by atoms with van der Waals surface area (Å²) in [5.41, 5.74) is 1.55. The molecule has 102 valence electrons. The topological polar surface area (TPSA) is 57.1 Å². The molecule has 1 aliphatic heterocycles. The lowest BCUT2D eigenvalue weighted by molar-refractivity contribution is 0.0731. The monoisotopic (exact) mass is 323 g/mol. The summed E-state index contributed by atoms with van der Waals surface area (Å²) in [5, 5.41) is 15.9. The summed E-state index contributed by atoms with van der Waals surface area (Å²) in [6.07, 6.45) is 0.970. The van der Waals surface area contributed by atoms with Gasteiger partial charge in [0.25, 0.3) is 0 Å². The average Bonchev–Trinajstić information content (AvgIpc) is 2.40. The third-order valence-corrected chi connectivity index (χ3v) is 3.63. The zero-order valence-corrected chi connectivity index (χ0v) is 12.5. The van der Waals surface area contributed by atoms with E-state index in [0.29, 0.717) is 11.6 Å². The summed E-state index contributed by atoms with van der Waals surface area (Å²) in [6.45, 7) is 4.59. The van der Waals surface area contributed by atoms with Crippen molar-refractivity contribution < 1.29 is 4.74 Å². The number of ether oxygens (including phenoxy) is 1. The normalized spacial score (nSPS) is 20.6. The molecule has 19 heavy (non-hydrogen) atoms. The lowest BCUT2D eigenvalue weighted by Gasteiger charge is -2.27. The third-order valence-electron chi connectivity index (χ3n) is 3.14. The van der Waals surface area contributed by atoms with Crippen LogP contribution in [-0.2, 0) is 4.74 Å². The van der Waals surface area contributed by atoms with Crippen molar-refractivity contribution in [2.45, 2.75) is 25.4 Å². The van der Waals surface area contributed by atoms with Crippen LogP contribution in [0.4, 0.5) is 5.69 Å². The van der Waals surface area contributed by atoms with Crippen molar-refractivity contribution in [1.82, 2.24) is 5.32 Å². The fourth-order valence-electron chi connectivity index (χ4n) is 2.26. The minimum Gasteiger partial charge on any atom is -0.381 e. The first-order valence-electron chi connectivity index (χ1n) is 6.46. The number of nitriles is 1. The number of benzene rings is 1. The van der Waals surface area contributed by atoms with E-state index in [9.17, 15) is 0 Å². The second-order valence-electron chi connectivity index (χ2n) is 4.81. The predicted molar refractivity (Wildman–Crippen MR) is 79.2 cm³/mol. The molecule has 0 spiro atoms. The van der Waals surface area contributed by atoms with E-state index in [1.807, 2.05) is 18.2 Å². The van der Waals surface area contributed by atoms with Crippen LogP contribution in [0.25, 0.3) is 0 Å². The summed E-state index contributed by atoms with van der Waals surface area (Å²) < 4.78 is 6.42. The quantitative estimate of drug-likeness (QED) is 0.893. The number of halogens is 1. The van der Waals surface area contributed by atoms with Crippen molar-refractivity contribution in [2.24, 2.45) is 0 Å². The Morgan fingerprint density at radius 1 is 1.63 bits per heavy atom. The molecule has 0 saturated carbocycles. The van der Waals surface area contributed by atoms with Gasteiger partial charge < -0.3 is 15.4 Å². The molecule has 0 aromatic heterocycles. The maximum absolute atomic E-state index is 9.11. The lowest BCUT2D eigenvalue weighted by atomic mass is 10.1. The van der Waals surface area contributed by atoms with Crippen LogP contribution in [0.5, 0.6) is 0 Å². The Bertz CT molecular complexity index is 466. The van der Waals surface area contributed by atoms with Crippen molar-refractivity contribution in [3.05, 3.63) is 28.2 Å². The van der Waals surface area contributed by atoms with Crippen LogP contribution in [-0.4, -0.2) is 31.8 Å². The van der Waals surface area contributed by atoms with E-state index in [-0.39, 0.29) is 6.04 Å². The number of nitrogens with zero attached hydrogens (tertiary/aromatic N) is 1. The standard InChI is InChI=1S/C14H18BrN3O/c1-10(6-13-9-19-5-4-17-13)18-14-7-12(15)3-2-11(14)8-16/h2-3,7,10,13,17-18H,4-6,9H2,1H3. The van der Waals surface area contributed by atoms with Crippen LogP contribution in [0, 0.1) is 11.3 Å². The first kappa shape index (κ1) is 14.3. The van der Waals surface area contributed by atoms with Gasteiger partial charge in [-0.3, -0.25) is 0 Å². The lowest BCUT2D eigenvalue weighted by Crippen LogP contribution is -2.43. The zero-order chi connectivity index (χ0) is 13.7. The number of anilines is 1. The van der Waals surface area contributed by atoms with E-state index < -0.39 is 0 Å². The second-order valence-corrected chi connectivity index (χ2v) is 5.72. The van der Waals surface area contributed by atoms with Crippen molar-refractivity contribution in [3.8, 4) is 6.07 Å². The molecular weight excluding hydrogens is 306 g/mol. The van der Waals surface area contributed by atoms with Gasteiger partial charge in [0.15, 0.2) is 0 Å². The van der Waals surface area contributed by atoms with E-state index in [1.54, 1.807) is 0 Å². The Morgan fingerprint density at radius 3 is 3.16 bits per heavy atom. The van der Waals surface area contributed by atoms with E-state index in [4.69, 9.17) is 10.00 Å². The van der Waals surface area contributed by atoms with Crippen LogP contribution in [0.15, 0.2) is 22.7 Å². The van der Waals surface area contributed by atoms with Gasteiger partial charge in [-0.05, 0) is 31.5 Å². The molecule has 1 aromatic rings. The SMILES string of the molecule is CC(CC1COCCN1)Nc1cc(Br)ccc1C#N. The molecule has 1 aromatic carbocycles. The van der Waals surface area contributed by atoms with Gasteiger partial charge in [-0.1, -0.05) is 15.9 Å². The molecule has 2 N–H and O–H groups in total. The molecule has 4 nitrogen and oxygen atoms in total. The molecule has 2 unspecified atom stereocenters. The number of hydrogen-bond acceptors (Lipinski definition) is 4. The summed E-state index contributed by atoms with van der Waals surface area (Å²) in [7, 11) is 0. The van der Waals surface area contributed by atoms with Crippen LogP contribution in [0.2, 0.25) is 0 Å². The fourth-order valence-corrected chi connectivity index (χ4v) is 2.62. The molecule has 0 radical (unpaired) electrons. The van der Waals surface area contributed by atoms with Crippen LogP contribution in [0.1, 0.15) is 18.9 Å². The second kappa shape index (κ2) is 6.90. The highest BCUT2D eigenvalue weighted by Gasteiger charge is 2.16. The summed E-state index contributed by atoms with van der Waals surface area (Å²) in [5.74, 6) is 0. The van der Waals surface area contributed by atoms with E-state index in [2.05, 4.69) is 39.6 Å². The minimum atomic E-state index is 0.278. The van der Waals surface area contributed by atoms with Gasteiger partial charge in [-0.15, -0.1) is 0 Å². The molecule has 1 fully saturated rings. The van der Waals surface area contributed by atoms with Gasteiger partial charge in [-0.2, -0.15) is 5.26 Å². The van der Waals surface area contributed by atoms with Gasteiger partial charge in [0.1, 0.15) is 6.07 Å². The molecule has 2 atom stereocenters. The van der Waals surface area contributed by atoms with Crippen LogP contribution < -0.4 is 10.6 Å². The van der Waals surface area contributed by atoms with Crippen molar-refractivity contribution >= 4 is 21.6 Å². The Morgan fingerprint density at radius 2 is 2.47 bits per heavy atom.